The summed E-state index contributed by atoms with van der Waals surface area (Å²) in [6.07, 6.45) is 1.66. The molecule has 3 N–H and O–H groups in total. The van der Waals surface area contributed by atoms with Gasteiger partial charge in [-0.3, -0.25) is 9.13 Å². The highest BCUT2D eigenvalue weighted by molar-refractivity contribution is 5.86. The molecule has 0 bridgehead atoms. The maximum Gasteiger partial charge on any atom is 0.328 e. The van der Waals surface area contributed by atoms with Crippen LogP contribution >= 0.6 is 0 Å². The van der Waals surface area contributed by atoms with Gasteiger partial charge >= 0.3 is 5.69 Å². The van der Waals surface area contributed by atoms with Crippen LogP contribution in [-0.4, -0.2) is 58.5 Å². The van der Waals surface area contributed by atoms with Crippen molar-refractivity contribution in [3.8, 4) is 5.95 Å². The predicted molar refractivity (Wildman–Crippen MR) is 136 cm³/mol. The first-order valence-electron chi connectivity index (χ1n) is 12.1. The highest BCUT2D eigenvalue weighted by Crippen LogP contribution is 2.39. The Morgan fingerprint density at radius 1 is 1.05 bits per heavy atom. The molecule has 2 aliphatic rings. The summed E-state index contributed by atoms with van der Waals surface area (Å²) in [6, 6.07) is 12.5. The lowest BCUT2D eigenvalue weighted by molar-refractivity contribution is 0.141. The number of benzene rings is 2. The van der Waals surface area contributed by atoms with E-state index in [4.69, 9.17) is 16.5 Å². The summed E-state index contributed by atoms with van der Waals surface area (Å²) in [5.41, 5.74) is 4.16. The largest absolute Gasteiger partial charge is 0.389 e. The predicted octanol–water partition coefficient (Wildman–Crippen LogP) is 2.61. The Kier molecular flexibility index (Phi) is 4.69. The van der Waals surface area contributed by atoms with Gasteiger partial charge in [-0.1, -0.05) is 30.3 Å². The standard InChI is InChI=1S/C26H22N8O3/c1-27-14-6-7-18-20(10-14)33(13-28-18)25-30-23(32-11-15(35)12-32)22-24(31-25)34(26(37)29-22)19-8-9-21(36)17-5-3-2-4-16(17)19/h2-7,10,13,15,19,21,35-36H,8-9,11-12H2,(H,29,37)/t19?,21-/m1/s1. The molecular formula is C26H22N8O3. The second-order valence-corrected chi connectivity index (χ2v) is 9.54. The minimum atomic E-state index is -0.578. The van der Waals surface area contributed by atoms with Crippen molar-refractivity contribution in [2.75, 3.05) is 18.0 Å². The van der Waals surface area contributed by atoms with Crippen LogP contribution in [0.1, 0.15) is 36.1 Å². The minimum absolute atomic E-state index is 0.311. The Labute approximate surface area is 210 Å². The quantitative estimate of drug-likeness (QED) is 0.329. The molecule has 4 heterocycles. The summed E-state index contributed by atoms with van der Waals surface area (Å²) in [5.74, 6) is 0.832. The smallest absolute Gasteiger partial charge is 0.328 e. The number of rotatable bonds is 3. The molecule has 2 atom stereocenters. The number of nitrogens with one attached hydrogen (secondary N) is 1. The van der Waals surface area contributed by atoms with E-state index in [-0.39, 0.29) is 11.7 Å². The van der Waals surface area contributed by atoms with E-state index in [1.54, 1.807) is 33.7 Å². The first-order chi connectivity index (χ1) is 18.0. The van der Waals surface area contributed by atoms with Gasteiger partial charge in [-0.2, -0.15) is 9.97 Å². The highest BCUT2D eigenvalue weighted by atomic mass is 16.3. The average Bonchev–Trinajstić information content (AvgIpc) is 3.47. The Morgan fingerprint density at radius 3 is 2.65 bits per heavy atom. The number of aliphatic hydroxyl groups excluding tert-OH is 2. The van der Waals surface area contributed by atoms with Crippen molar-refractivity contribution < 1.29 is 10.2 Å². The zero-order valence-corrected chi connectivity index (χ0v) is 19.6. The van der Waals surface area contributed by atoms with E-state index in [1.807, 2.05) is 29.2 Å². The van der Waals surface area contributed by atoms with E-state index in [2.05, 4.69) is 14.8 Å². The maximum absolute atomic E-state index is 13.4. The third-order valence-corrected chi connectivity index (χ3v) is 7.31. The number of aromatic nitrogens is 6. The number of imidazole rings is 2. The summed E-state index contributed by atoms with van der Waals surface area (Å²) in [5, 5.41) is 20.5. The zero-order valence-electron chi connectivity index (χ0n) is 19.6. The number of H-pyrrole nitrogens is 1. The van der Waals surface area contributed by atoms with Gasteiger partial charge in [-0.25, -0.2) is 14.6 Å². The third kappa shape index (κ3) is 3.27. The second-order valence-electron chi connectivity index (χ2n) is 9.54. The maximum atomic E-state index is 13.4. The van der Waals surface area contributed by atoms with Crippen LogP contribution in [0.2, 0.25) is 0 Å². The molecule has 1 fully saturated rings. The normalized spacial score (nSPS) is 19.6. The fraction of sp³-hybridized carbons (Fsp3) is 0.269. The number of β-amino-alcohol motifs (C(OH)–C–C–N with tert-alkyl or cyclic N) is 1. The molecule has 0 spiro atoms. The molecule has 184 valence electrons. The Hall–Kier alpha value is -4.53. The first kappa shape index (κ1) is 21.7. The molecule has 7 rings (SSSR count). The number of fused-ring (bicyclic) bond motifs is 3. The fourth-order valence-electron chi connectivity index (χ4n) is 5.47. The molecule has 0 amide bonds. The molecule has 0 saturated carbocycles. The molecule has 1 unspecified atom stereocenters. The van der Waals surface area contributed by atoms with E-state index in [0.29, 0.717) is 65.6 Å². The first-order valence-corrected chi connectivity index (χ1v) is 12.1. The van der Waals surface area contributed by atoms with E-state index in [9.17, 15) is 15.0 Å². The monoisotopic (exact) mass is 494 g/mol. The zero-order chi connectivity index (χ0) is 25.3. The lowest BCUT2D eigenvalue weighted by Crippen LogP contribution is -2.51. The average molecular weight is 495 g/mol. The van der Waals surface area contributed by atoms with Crippen LogP contribution in [0, 0.1) is 6.57 Å². The van der Waals surface area contributed by atoms with Crippen LogP contribution in [0.25, 0.3) is 33.0 Å². The van der Waals surface area contributed by atoms with Crippen molar-refractivity contribution in [1.82, 2.24) is 29.1 Å². The summed E-state index contributed by atoms with van der Waals surface area (Å²) < 4.78 is 3.36. The Morgan fingerprint density at radius 2 is 1.86 bits per heavy atom. The SMILES string of the molecule is [C-]#[N+]c1ccc2ncn(-c3nc(N4CC(O)C4)c4[nH]c(=O)n(C5CC[C@@H](O)c6ccccc65)c4n3)c2c1. The second kappa shape index (κ2) is 7.99. The van der Waals surface area contributed by atoms with Gasteiger partial charge < -0.3 is 20.1 Å². The number of anilines is 1. The van der Waals surface area contributed by atoms with Crippen molar-refractivity contribution in [2.24, 2.45) is 0 Å². The van der Waals surface area contributed by atoms with Crippen LogP contribution in [0.4, 0.5) is 11.5 Å². The molecule has 2 aromatic carbocycles. The molecule has 0 radical (unpaired) electrons. The fourth-order valence-corrected chi connectivity index (χ4v) is 5.47. The minimum Gasteiger partial charge on any atom is -0.389 e. The van der Waals surface area contributed by atoms with Gasteiger partial charge in [0.15, 0.2) is 17.2 Å². The third-order valence-electron chi connectivity index (χ3n) is 7.31. The summed E-state index contributed by atoms with van der Waals surface area (Å²) in [7, 11) is 0. The molecule has 37 heavy (non-hydrogen) atoms. The number of hydrogen-bond acceptors (Lipinski definition) is 7. The van der Waals surface area contributed by atoms with Crippen molar-refractivity contribution in [3.05, 3.63) is 81.8 Å². The van der Waals surface area contributed by atoms with Gasteiger partial charge in [0.1, 0.15) is 11.8 Å². The van der Waals surface area contributed by atoms with Crippen molar-refractivity contribution >= 4 is 33.7 Å². The van der Waals surface area contributed by atoms with Crippen molar-refractivity contribution in [1.29, 1.82) is 0 Å². The molecule has 1 aliphatic carbocycles. The molecule has 1 saturated heterocycles. The van der Waals surface area contributed by atoms with Crippen LogP contribution in [0.5, 0.6) is 0 Å². The van der Waals surface area contributed by atoms with Gasteiger partial charge in [0, 0.05) is 13.1 Å². The van der Waals surface area contributed by atoms with E-state index < -0.39 is 12.2 Å². The molecule has 11 nitrogen and oxygen atoms in total. The molecule has 1 aliphatic heterocycles. The van der Waals surface area contributed by atoms with E-state index >= 15 is 0 Å². The number of hydrogen-bond donors (Lipinski definition) is 3. The van der Waals surface area contributed by atoms with Crippen LogP contribution in [0.15, 0.2) is 53.6 Å². The summed E-state index contributed by atoms with van der Waals surface area (Å²) in [6.45, 7) is 8.17. The summed E-state index contributed by atoms with van der Waals surface area (Å²) >= 11 is 0. The van der Waals surface area contributed by atoms with Crippen molar-refractivity contribution in [3.63, 3.8) is 0 Å². The van der Waals surface area contributed by atoms with Crippen molar-refractivity contribution in [2.45, 2.75) is 31.1 Å². The van der Waals surface area contributed by atoms with Crippen LogP contribution in [-0.2, 0) is 0 Å². The summed E-state index contributed by atoms with van der Waals surface area (Å²) in [4.78, 5) is 35.9. The van der Waals surface area contributed by atoms with Crippen LogP contribution in [0.3, 0.4) is 0 Å². The van der Waals surface area contributed by atoms with E-state index in [1.165, 1.54) is 0 Å². The Balaban J connectivity index is 1.48. The topological polar surface area (TPSA) is 129 Å². The van der Waals surface area contributed by atoms with Crippen LogP contribution < -0.4 is 10.6 Å². The lowest BCUT2D eigenvalue weighted by atomic mass is 9.85. The van der Waals surface area contributed by atoms with Gasteiger partial charge in [-0.05, 0) is 36.1 Å². The Bertz CT molecular complexity index is 1790. The van der Waals surface area contributed by atoms with Gasteiger partial charge in [0.2, 0.25) is 5.95 Å². The number of aromatic amines is 1. The lowest BCUT2D eigenvalue weighted by Gasteiger charge is -2.37. The molecule has 5 aromatic rings. The van der Waals surface area contributed by atoms with E-state index in [0.717, 1.165) is 11.1 Å². The number of nitrogens with zero attached hydrogens (tertiary/aromatic N) is 7. The van der Waals surface area contributed by atoms with Gasteiger partial charge in [0.05, 0.1) is 35.9 Å². The molecule has 11 heteroatoms. The van der Waals surface area contributed by atoms with Gasteiger partial charge in [-0.15, -0.1) is 0 Å². The highest BCUT2D eigenvalue weighted by Gasteiger charge is 2.33. The molecule has 3 aromatic heterocycles. The number of aliphatic hydroxyl groups is 2. The van der Waals surface area contributed by atoms with Gasteiger partial charge in [0.25, 0.3) is 0 Å². The molecular weight excluding hydrogens is 472 g/mol.